The van der Waals surface area contributed by atoms with Crippen LogP contribution in [0.3, 0.4) is 0 Å². The van der Waals surface area contributed by atoms with Gasteiger partial charge in [0, 0.05) is 11.3 Å². The third kappa shape index (κ3) is 5.30. The molecule has 1 nitrogen and oxygen atoms in total. The molecule has 0 bridgehead atoms. The van der Waals surface area contributed by atoms with E-state index in [1.165, 1.54) is 37.9 Å². The van der Waals surface area contributed by atoms with Crippen LogP contribution >= 0.6 is 11.8 Å². The molecule has 19 heavy (non-hydrogen) atoms. The van der Waals surface area contributed by atoms with E-state index in [-0.39, 0.29) is 0 Å². The minimum atomic E-state index is 0.523. The van der Waals surface area contributed by atoms with Crippen LogP contribution in [0.25, 0.3) is 0 Å². The average molecular weight is 286 g/mol. The summed E-state index contributed by atoms with van der Waals surface area (Å²) < 4.78 is 0. The molecule has 0 amide bonds. The predicted molar refractivity (Wildman–Crippen MR) is 90.0 cm³/mol. The summed E-state index contributed by atoms with van der Waals surface area (Å²) in [4.78, 5) is 0. The Morgan fingerprint density at radius 2 is 1.95 bits per heavy atom. The van der Waals surface area contributed by atoms with Crippen molar-refractivity contribution < 1.29 is 0 Å². The molecular weight excluding hydrogens is 250 g/mol. The maximum absolute atomic E-state index is 3.56. The second-order valence-corrected chi connectivity index (χ2v) is 8.69. The van der Waals surface area contributed by atoms with Gasteiger partial charge >= 0.3 is 0 Å². The van der Waals surface area contributed by atoms with Crippen molar-refractivity contribution in [2.75, 3.05) is 12.8 Å². The maximum atomic E-state index is 3.56. The number of thioether (sulfide) groups is 1. The first-order valence-electron chi connectivity index (χ1n) is 8.19. The van der Waals surface area contributed by atoms with Gasteiger partial charge in [0.15, 0.2) is 0 Å². The van der Waals surface area contributed by atoms with Gasteiger partial charge in [-0.25, -0.2) is 0 Å². The first-order chi connectivity index (χ1) is 8.90. The fourth-order valence-corrected chi connectivity index (χ4v) is 4.88. The topological polar surface area (TPSA) is 12.0 Å². The molecule has 0 spiro atoms. The Hall–Kier alpha value is 0.310. The largest absolute Gasteiger partial charge is 0.316 e. The van der Waals surface area contributed by atoms with Crippen molar-refractivity contribution in [3.63, 3.8) is 0 Å². The van der Waals surface area contributed by atoms with E-state index in [1.54, 1.807) is 0 Å². The summed E-state index contributed by atoms with van der Waals surface area (Å²) in [6.45, 7) is 11.9. The maximum Gasteiger partial charge on any atom is 0.0203 e. The minimum absolute atomic E-state index is 0.523. The smallest absolute Gasteiger partial charge is 0.0203 e. The highest BCUT2D eigenvalue weighted by atomic mass is 32.2. The molecule has 1 aliphatic rings. The van der Waals surface area contributed by atoms with E-state index in [4.69, 9.17) is 0 Å². The molecule has 1 saturated carbocycles. The quantitative estimate of drug-likeness (QED) is 0.709. The predicted octanol–water partition coefficient (Wildman–Crippen LogP) is 4.96. The minimum Gasteiger partial charge on any atom is -0.316 e. The second-order valence-electron chi connectivity index (χ2n) is 7.34. The Kier molecular flexibility index (Phi) is 7.24. The van der Waals surface area contributed by atoms with Crippen molar-refractivity contribution in [3.05, 3.63) is 0 Å². The highest BCUT2D eigenvalue weighted by molar-refractivity contribution is 7.99. The van der Waals surface area contributed by atoms with E-state index in [0.29, 0.717) is 5.41 Å². The number of hydrogen-bond acceptors (Lipinski definition) is 2. The summed E-state index contributed by atoms with van der Waals surface area (Å²) in [7, 11) is 2.14. The van der Waals surface area contributed by atoms with Crippen LogP contribution in [0.15, 0.2) is 0 Å². The highest BCUT2D eigenvalue weighted by Crippen LogP contribution is 2.43. The zero-order chi connectivity index (χ0) is 14.5. The van der Waals surface area contributed by atoms with Crippen molar-refractivity contribution in [2.45, 2.75) is 78.0 Å². The van der Waals surface area contributed by atoms with Crippen LogP contribution in [0.2, 0.25) is 0 Å². The Balaban J connectivity index is 2.53. The lowest BCUT2D eigenvalue weighted by molar-refractivity contribution is 0.142. The summed E-state index contributed by atoms with van der Waals surface area (Å²) in [6.07, 6.45) is 6.86. The third-order valence-corrected chi connectivity index (χ3v) is 6.63. The summed E-state index contributed by atoms with van der Waals surface area (Å²) in [5.41, 5.74) is 0.523. The molecule has 114 valence electrons. The standard InChI is InChI=1S/C17H35NS/c1-7-17(4,5)14-8-9-15(18-6)16(12-14)19-11-10-13(2)3/h13-16,18H,7-12H2,1-6H3. The zero-order valence-corrected chi connectivity index (χ0v) is 14.8. The molecular formula is C17H35NS. The molecule has 0 saturated heterocycles. The van der Waals surface area contributed by atoms with E-state index >= 15 is 0 Å². The molecule has 1 rings (SSSR count). The number of rotatable bonds is 7. The SMILES string of the molecule is CCC(C)(C)C1CCC(NC)C(SCCC(C)C)C1. The molecule has 0 aromatic heterocycles. The molecule has 3 unspecified atom stereocenters. The summed E-state index contributed by atoms with van der Waals surface area (Å²) >= 11 is 2.23. The molecule has 1 N–H and O–H groups in total. The number of hydrogen-bond donors (Lipinski definition) is 1. The molecule has 0 aliphatic heterocycles. The zero-order valence-electron chi connectivity index (χ0n) is 14.0. The van der Waals surface area contributed by atoms with Crippen LogP contribution in [0, 0.1) is 17.3 Å². The van der Waals surface area contributed by atoms with Gasteiger partial charge < -0.3 is 5.32 Å². The third-order valence-electron chi connectivity index (χ3n) is 5.21. The molecule has 0 aromatic carbocycles. The monoisotopic (exact) mass is 285 g/mol. The van der Waals surface area contributed by atoms with Gasteiger partial charge in [-0.15, -0.1) is 0 Å². The van der Waals surface area contributed by atoms with E-state index < -0.39 is 0 Å². The van der Waals surface area contributed by atoms with E-state index in [9.17, 15) is 0 Å². The second kappa shape index (κ2) is 7.93. The highest BCUT2D eigenvalue weighted by Gasteiger charge is 2.36. The van der Waals surface area contributed by atoms with Gasteiger partial charge in [0.25, 0.3) is 0 Å². The van der Waals surface area contributed by atoms with Gasteiger partial charge in [0.1, 0.15) is 0 Å². The van der Waals surface area contributed by atoms with Crippen LogP contribution in [0.1, 0.15) is 66.7 Å². The van der Waals surface area contributed by atoms with Gasteiger partial charge in [0.2, 0.25) is 0 Å². The Morgan fingerprint density at radius 1 is 1.26 bits per heavy atom. The lowest BCUT2D eigenvalue weighted by atomic mass is 9.68. The van der Waals surface area contributed by atoms with E-state index in [1.807, 2.05) is 0 Å². The first kappa shape index (κ1) is 17.4. The van der Waals surface area contributed by atoms with E-state index in [2.05, 4.69) is 58.7 Å². The summed E-state index contributed by atoms with van der Waals surface area (Å²) in [5.74, 6) is 3.09. The van der Waals surface area contributed by atoms with Gasteiger partial charge in [-0.05, 0) is 55.7 Å². The Labute approximate surface area is 125 Å². The van der Waals surface area contributed by atoms with Gasteiger partial charge in [0.05, 0.1) is 0 Å². The summed E-state index contributed by atoms with van der Waals surface area (Å²) in [5, 5.41) is 4.39. The number of nitrogens with one attached hydrogen (secondary N) is 1. The molecule has 0 aromatic rings. The fraction of sp³-hybridized carbons (Fsp3) is 1.00. The van der Waals surface area contributed by atoms with Crippen LogP contribution in [-0.2, 0) is 0 Å². The summed E-state index contributed by atoms with van der Waals surface area (Å²) in [6, 6.07) is 0.737. The van der Waals surface area contributed by atoms with Crippen molar-refractivity contribution in [3.8, 4) is 0 Å². The molecule has 0 heterocycles. The van der Waals surface area contributed by atoms with Crippen molar-refractivity contribution in [1.82, 2.24) is 5.32 Å². The van der Waals surface area contributed by atoms with Gasteiger partial charge in [-0.3, -0.25) is 0 Å². The lowest BCUT2D eigenvalue weighted by Gasteiger charge is -2.43. The first-order valence-corrected chi connectivity index (χ1v) is 9.24. The Bertz CT molecular complexity index is 250. The Morgan fingerprint density at radius 3 is 2.47 bits per heavy atom. The van der Waals surface area contributed by atoms with Crippen molar-refractivity contribution in [1.29, 1.82) is 0 Å². The molecule has 3 atom stereocenters. The molecule has 2 heteroatoms. The molecule has 1 aliphatic carbocycles. The van der Waals surface area contributed by atoms with E-state index in [0.717, 1.165) is 23.1 Å². The van der Waals surface area contributed by atoms with Crippen molar-refractivity contribution in [2.24, 2.45) is 17.3 Å². The normalized spacial score (nSPS) is 28.9. The van der Waals surface area contributed by atoms with Crippen LogP contribution in [-0.4, -0.2) is 24.1 Å². The van der Waals surface area contributed by atoms with Crippen LogP contribution in [0.4, 0.5) is 0 Å². The lowest BCUT2D eigenvalue weighted by Crippen LogP contribution is -2.43. The van der Waals surface area contributed by atoms with Crippen LogP contribution < -0.4 is 5.32 Å². The van der Waals surface area contributed by atoms with Crippen LogP contribution in [0.5, 0.6) is 0 Å². The van der Waals surface area contributed by atoms with Gasteiger partial charge in [-0.2, -0.15) is 11.8 Å². The molecule has 1 fully saturated rings. The van der Waals surface area contributed by atoms with Crippen molar-refractivity contribution >= 4 is 11.8 Å². The average Bonchev–Trinajstić information content (AvgIpc) is 2.38. The molecule has 0 radical (unpaired) electrons. The fourth-order valence-electron chi connectivity index (χ4n) is 3.10. The van der Waals surface area contributed by atoms with Gasteiger partial charge in [-0.1, -0.05) is 41.0 Å².